The van der Waals surface area contributed by atoms with E-state index in [1.807, 2.05) is 11.8 Å². The summed E-state index contributed by atoms with van der Waals surface area (Å²) in [6, 6.07) is 1.80. The molecule has 1 heterocycles. The summed E-state index contributed by atoms with van der Waals surface area (Å²) in [4.78, 5) is 16.0. The minimum absolute atomic E-state index is 0.0757. The molecule has 5 heteroatoms. The zero-order chi connectivity index (χ0) is 12.7. The third-order valence-electron chi connectivity index (χ3n) is 3.14. The fourth-order valence-electron chi connectivity index (χ4n) is 2.07. The highest BCUT2D eigenvalue weighted by Crippen LogP contribution is 2.06. The Kier molecular flexibility index (Phi) is 5.95. The number of amides is 1. The molecule has 0 aliphatic carbocycles. The number of hydrogen-bond donors (Lipinski definition) is 1. The molecule has 0 spiro atoms. The molecule has 1 amide bonds. The number of carbonyl (C=O) groups excluding carboxylic acids is 1. The Bertz CT molecular complexity index is 279. The molecule has 1 atom stereocenters. The molecule has 0 aromatic carbocycles. The Morgan fingerprint density at radius 1 is 1.41 bits per heavy atom. The van der Waals surface area contributed by atoms with Crippen molar-refractivity contribution in [3.8, 4) is 6.07 Å². The zero-order valence-electron chi connectivity index (χ0n) is 10.6. The van der Waals surface area contributed by atoms with Crippen LogP contribution in [-0.4, -0.2) is 54.5 Å². The van der Waals surface area contributed by atoms with Gasteiger partial charge in [0.05, 0.1) is 12.1 Å². The zero-order valence-corrected chi connectivity index (χ0v) is 10.6. The number of piperazine rings is 1. The van der Waals surface area contributed by atoms with Gasteiger partial charge in [0.15, 0.2) is 0 Å². The van der Waals surface area contributed by atoms with Crippen molar-refractivity contribution in [2.24, 2.45) is 5.73 Å². The summed E-state index contributed by atoms with van der Waals surface area (Å²) in [6.07, 6.45) is 2.26. The van der Waals surface area contributed by atoms with Crippen LogP contribution in [0.25, 0.3) is 0 Å². The minimum Gasteiger partial charge on any atom is -0.339 e. The molecule has 96 valence electrons. The van der Waals surface area contributed by atoms with E-state index in [1.165, 1.54) is 0 Å². The molecular weight excluding hydrogens is 216 g/mol. The van der Waals surface area contributed by atoms with Gasteiger partial charge in [-0.25, -0.2) is 0 Å². The first-order valence-electron chi connectivity index (χ1n) is 6.32. The predicted molar refractivity (Wildman–Crippen MR) is 66.1 cm³/mol. The van der Waals surface area contributed by atoms with Gasteiger partial charge < -0.3 is 10.6 Å². The van der Waals surface area contributed by atoms with Crippen LogP contribution in [0.15, 0.2) is 0 Å². The van der Waals surface area contributed by atoms with Gasteiger partial charge in [-0.2, -0.15) is 5.26 Å². The third kappa shape index (κ3) is 4.33. The van der Waals surface area contributed by atoms with Gasteiger partial charge in [0, 0.05) is 39.1 Å². The first-order valence-corrected chi connectivity index (χ1v) is 6.32. The second-order valence-corrected chi connectivity index (χ2v) is 4.47. The highest BCUT2D eigenvalue weighted by molar-refractivity contribution is 5.81. The van der Waals surface area contributed by atoms with Crippen molar-refractivity contribution in [1.82, 2.24) is 9.80 Å². The number of carbonyl (C=O) groups is 1. The lowest BCUT2D eigenvalue weighted by atomic mass is 10.1. The number of nitrogens with zero attached hydrogens (tertiary/aromatic N) is 3. The predicted octanol–water partition coefficient (Wildman–Crippen LogP) is 0.172. The Balaban J connectivity index is 2.31. The van der Waals surface area contributed by atoms with Crippen molar-refractivity contribution in [3.05, 3.63) is 0 Å². The fraction of sp³-hybridized carbons (Fsp3) is 0.833. The van der Waals surface area contributed by atoms with Gasteiger partial charge in [0.25, 0.3) is 0 Å². The molecule has 0 aromatic heterocycles. The normalized spacial score (nSPS) is 18.8. The van der Waals surface area contributed by atoms with E-state index in [0.717, 1.165) is 45.6 Å². The molecular formula is C12H22N4O. The molecule has 1 rings (SSSR count). The van der Waals surface area contributed by atoms with Crippen LogP contribution in [0.4, 0.5) is 0 Å². The lowest BCUT2D eigenvalue weighted by molar-refractivity contribution is -0.134. The molecule has 1 fully saturated rings. The number of rotatable bonds is 5. The van der Waals surface area contributed by atoms with Crippen molar-refractivity contribution >= 4 is 5.91 Å². The summed E-state index contributed by atoms with van der Waals surface area (Å²) in [6.45, 7) is 6.02. The van der Waals surface area contributed by atoms with E-state index in [1.54, 1.807) is 0 Å². The molecule has 2 N–H and O–H groups in total. The van der Waals surface area contributed by atoms with Gasteiger partial charge in [-0.05, 0) is 6.42 Å². The highest BCUT2D eigenvalue weighted by Gasteiger charge is 2.24. The summed E-state index contributed by atoms with van der Waals surface area (Å²) in [7, 11) is 0. The molecule has 1 aliphatic rings. The molecule has 0 aromatic rings. The molecule has 17 heavy (non-hydrogen) atoms. The Labute approximate surface area is 103 Å². The Morgan fingerprint density at radius 3 is 2.59 bits per heavy atom. The SMILES string of the molecule is CCCC(N)C(=O)N1CCN(CCC#N)CC1. The minimum atomic E-state index is -0.342. The largest absolute Gasteiger partial charge is 0.339 e. The Hall–Kier alpha value is -1.12. The van der Waals surface area contributed by atoms with Crippen molar-refractivity contribution in [1.29, 1.82) is 5.26 Å². The average Bonchev–Trinajstić information content (AvgIpc) is 2.36. The van der Waals surface area contributed by atoms with Crippen LogP contribution in [0.3, 0.4) is 0 Å². The highest BCUT2D eigenvalue weighted by atomic mass is 16.2. The summed E-state index contributed by atoms with van der Waals surface area (Å²) < 4.78 is 0. The van der Waals surface area contributed by atoms with Gasteiger partial charge in [-0.3, -0.25) is 9.69 Å². The summed E-state index contributed by atoms with van der Waals surface area (Å²) in [5, 5.41) is 8.51. The van der Waals surface area contributed by atoms with Gasteiger partial charge in [-0.1, -0.05) is 13.3 Å². The second-order valence-electron chi connectivity index (χ2n) is 4.47. The van der Waals surface area contributed by atoms with E-state index < -0.39 is 0 Å². The van der Waals surface area contributed by atoms with Crippen LogP contribution < -0.4 is 5.73 Å². The van der Waals surface area contributed by atoms with Crippen LogP contribution in [0.2, 0.25) is 0 Å². The van der Waals surface area contributed by atoms with E-state index in [9.17, 15) is 4.79 Å². The van der Waals surface area contributed by atoms with Crippen LogP contribution in [-0.2, 0) is 4.79 Å². The molecule has 5 nitrogen and oxygen atoms in total. The van der Waals surface area contributed by atoms with E-state index in [-0.39, 0.29) is 11.9 Å². The Morgan fingerprint density at radius 2 is 2.06 bits per heavy atom. The maximum Gasteiger partial charge on any atom is 0.239 e. The quantitative estimate of drug-likeness (QED) is 0.741. The maximum absolute atomic E-state index is 11.9. The summed E-state index contributed by atoms with van der Waals surface area (Å²) in [5.74, 6) is 0.0757. The first-order chi connectivity index (χ1) is 8.19. The third-order valence-corrected chi connectivity index (χ3v) is 3.14. The molecule has 0 saturated carbocycles. The number of nitriles is 1. The van der Waals surface area contributed by atoms with E-state index >= 15 is 0 Å². The fourth-order valence-corrected chi connectivity index (χ4v) is 2.07. The van der Waals surface area contributed by atoms with E-state index in [2.05, 4.69) is 11.0 Å². The van der Waals surface area contributed by atoms with E-state index in [4.69, 9.17) is 11.0 Å². The van der Waals surface area contributed by atoms with Crippen LogP contribution in [0, 0.1) is 11.3 Å². The van der Waals surface area contributed by atoms with Gasteiger partial charge in [-0.15, -0.1) is 0 Å². The van der Waals surface area contributed by atoms with Crippen molar-refractivity contribution in [3.63, 3.8) is 0 Å². The number of hydrogen-bond acceptors (Lipinski definition) is 4. The molecule has 1 unspecified atom stereocenters. The van der Waals surface area contributed by atoms with Crippen molar-refractivity contribution in [2.45, 2.75) is 32.2 Å². The van der Waals surface area contributed by atoms with Gasteiger partial charge in [0.1, 0.15) is 0 Å². The smallest absolute Gasteiger partial charge is 0.239 e. The lowest BCUT2D eigenvalue weighted by Crippen LogP contribution is -2.53. The molecule has 1 aliphatic heterocycles. The lowest BCUT2D eigenvalue weighted by Gasteiger charge is -2.35. The van der Waals surface area contributed by atoms with Gasteiger partial charge in [0.2, 0.25) is 5.91 Å². The second kappa shape index (κ2) is 7.25. The first kappa shape index (κ1) is 13.9. The van der Waals surface area contributed by atoms with Crippen LogP contribution in [0.1, 0.15) is 26.2 Å². The molecule has 1 saturated heterocycles. The topological polar surface area (TPSA) is 73.4 Å². The van der Waals surface area contributed by atoms with E-state index in [0.29, 0.717) is 6.42 Å². The standard InChI is InChI=1S/C12H22N4O/c1-2-4-11(14)12(17)16-9-7-15(8-10-16)6-3-5-13/h11H,2-4,6-10,14H2,1H3. The number of nitrogens with two attached hydrogens (primary N) is 1. The van der Waals surface area contributed by atoms with Crippen LogP contribution in [0.5, 0.6) is 0 Å². The van der Waals surface area contributed by atoms with Gasteiger partial charge >= 0.3 is 0 Å². The summed E-state index contributed by atoms with van der Waals surface area (Å²) >= 11 is 0. The van der Waals surface area contributed by atoms with Crippen molar-refractivity contribution < 1.29 is 4.79 Å². The average molecular weight is 238 g/mol. The van der Waals surface area contributed by atoms with Crippen LogP contribution >= 0.6 is 0 Å². The monoisotopic (exact) mass is 238 g/mol. The summed E-state index contributed by atoms with van der Waals surface area (Å²) in [5.41, 5.74) is 5.83. The maximum atomic E-state index is 11.9. The molecule has 0 bridgehead atoms. The van der Waals surface area contributed by atoms with Crippen molar-refractivity contribution in [2.75, 3.05) is 32.7 Å². The molecule has 0 radical (unpaired) electrons.